The van der Waals surface area contributed by atoms with Gasteiger partial charge in [0.05, 0.1) is 17.2 Å². The van der Waals surface area contributed by atoms with E-state index in [0.717, 1.165) is 69.3 Å². The molecule has 0 bridgehead atoms. The van der Waals surface area contributed by atoms with E-state index >= 15 is 8.78 Å². The van der Waals surface area contributed by atoms with E-state index in [0.29, 0.717) is 56.0 Å². The van der Waals surface area contributed by atoms with E-state index < -0.39 is 29.4 Å². The number of ether oxygens (including phenoxy) is 1. The highest BCUT2D eigenvalue weighted by molar-refractivity contribution is 6.34. The van der Waals surface area contributed by atoms with Crippen molar-refractivity contribution < 1.29 is 37.1 Å². The Morgan fingerprint density at radius 1 is 0.955 bits per heavy atom. The number of nitrogens with one attached hydrogen (secondary N) is 1. The second kappa shape index (κ2) is 20.9. The molecule has 8 rings (SSSR count). The van der Waals surface area contributed by atoms with Gasteiger partial charge in [0.15, 0.2) is 5.82 Å². The van der Waals surface area contributed by atoms with Crippen LogP contribution in [0.4, 0.5) is 19.0 Å². The molecule has 1 atom stereocenters. The van der Waals surface area contributed by atoms with E-state index in [4.69, 9.17) is 16.3 Å². The first-order valence-corrected chi connectivity index (χ1v) is 23.6. The first kappa shape index (κ1) is 47.4. The van der Waals surface area contributed by atoms with Crippen LogP contribution in [0, 0.1) is 34.7 Å². The van der Waals surface area contributed by atoms with Gasteiger partial charge in [-0.2, -0.15) is 5.26 Å². The number of halogens is 4. The van der Waals surface area contributed by atoms with E-state index in [-0.39, 0.29) is 81.9 Å². The molecular formula is C50H54ClF3N8O5. The lowest BCUT2D eigenvalue weighted by atomic mass is 9.85. The summed E-state index contributed by atoms with van der Waals surface area (Å²) >= 11 is 6.77. The van der Waals surface area contributed by atoms with Crippen LogP contribution < -0.4 is 15.0 Å². The Hall–Kier alpha value is -6.05. The Morgan fingerprint density at radius 2 is 1.70 bits per heavy atom. The number of nitrogens with zero attached hydrogens (tertiary/aromatic N) is 7. The zero-order valence-corrected chi connectivity index (χ0v) is 38.5. The average Bonchev–Trinajstić information content (AvgIpc) is 3.64. The van der Waals surface area contributed by atoms with Gasteiger partial charge in [0, 0.05) is 55.7 Å². The number of allylic oxidation sites excluding steroid dienone is 1. The highest BCUT2D eigenvalue weighted by Crippen LogP contribution is 2.43. The number of carbonyl (C=O) groups is 4. The summed E-state index contributed by atoms with van der Waals surface area (Å²) in [5.74, 6) is -2.74. The number of piperazine rings is 1. The Labute approximate surface area is 392 Å². The molecule has 0 spiro atoms. The largest absolute Gasteiger partial charge is 0.493 e. The fraction of sp³-hybridized carbons (Fsp3) is 0.460. The van der Waals surface area contributed by atoms with Gasteiger partial charge in [-0.15, -0.1) is 0 Å². The number of imide groups is 1. The molecule has 1 N–H and O–H groups in total. The zero-order valence-electron chi connectivity index (χ0n) is 37.8. The molecule has 4 aromatic rings. The Balaban J connectivity index is 0.804. The predicted molar refractivity (Wildman–Crippen MR) is 247 cm³/mol. The van der Waals surface area contributed by atoms with Crippen LogP contribution in [0.25, 0.3) is 22.0 Å². The summed E-state index contributed by atoms with van der Waals surface area (Å²) in [5.41, 5.74) is 1.77. The van der Waals surface area contributed by atoms with E-state index in [9.17, 15) is 28.8 Å². The number of fused-ring (bicyclic) bond motifs is 2. The fourth-order valence-electron chi connectivity index (χ4n) is 9.88. The van der Waals surface area contributed by atoms with Crippen molar-refractivity contribution in [1.82, 2.24) is 30.0 Å². The molecule has 0 saturated carbocycles. The van der Waals surface area contributed by atoms with Gasteiger partial charge in [-0.05, 0) is 105 Å². The van der Waals surface area contributed by atoms with Crippen molar-refractivity contribution in [3.8, 4) is 22.9 Å². The molecule has 0 radical (unpaired) electrons. The quantitative estimate of drug-likeness (QED) is 0.0536. The summed E-state index contributed by atoms with van der Waals surface area (Å²) in [7, 11) is 0. The van der Waals surface area contributed by atoms with Crippen LogP contribution in [0.15, 0.2) is 54.4 Å². The number of piperidine rings is 2. The third-order valence-corrected chi connectivity index (χ3v) is 13.6. The van der Waals surface area contributed by atoms with Crippen molar-refractivity contribution in [2.45, 2.75) is 90.1 Å². The standard InChI is InChI=1S/C50H54ClF3N8O5/c1-30(2)23-32(27-55)49(65)61-20-18-60(19-21-61)47-36-26-38(51)43(45(54)46(36)56-29-57-47)44-39(53)9-8-10-41(44)67-22-7-5-3-4-6-15-59-16-13-31(14-17-59)34-24-33(52)25-35-37(34)28-62(50(35)66)40-11-12-42(63)58-48(40)64/h8-10,23-26,29-31,40H,3-7,11-22,28H2,1-2H3,(H,58,63,64)/b32-23+. The minimum atomic E-state index is -0.802. The molecule has 3 aromatic carbocycles. The number of likely N-dealkylation sites (tertiary alicyclic amines) is 1. The number of aromatic nitrogens is 2. The summed E-state index contributed by atoms with van der Waals surface area (Å²) in [4.78, 5) is 66.7. The summed E-state index contributed by atoms with van der Waals surface area (Å²) < 4.78 is 53.1. The molecule has 3 fully saturated rings. The van der Waals surface area contributed by atoms with Crippen molar-refractivity contribution >= 4 is 52.0 Å². The number of nitriles is 1. The maximum absolute atomic E-state index is 16.5. The minimum absolute atomic E-state index is 0.0272. The van der Waals surface area contributed by atoms with E-state index in [2.05, 4.69) is 20.2 Å². The summed E-state index contributed by atoms with van der Waals surface area (Å²) in [6, 6.07) is 9.95. The lowest BCUT2D eigenvalue weighted by Gasteiger charge is -2.35. The molecule has 0 aliphatic carbocycles. The normalized spacial score (nSPS) is 18.5. The summed E-state index contributed by atoms with van der Waals surface area (Å²) in [6.45, 7) is 8.39. The van der Waals surface area contributed by atoms with Gasteiger partial charge in [0.2, 0.25) is 11.8 Å². The lowest BCUT2D eigenvalue weighted by molar-refractivity contribution is -0.137. The number of hydrogen-bond acceptors (Lipinski definition) is 10. The number of hydrogen-bond donors (Lipinski definition) is 1. The number of carbonyl (C=O) groups excluding carboxylic acids is 4. The molecule has 352 valence electrons. The predicted octanol–water partition coefficient (Wildman–Crippen LogP) is 8.09. The van der Waals surface area contributed by atoms with Crippen LogP contribution in [0.5, 0.6) is 5.75 Å². The fourth-order valence-corrected chi connectivity index (χ4v) is 10.2. The number of unbranched alkanes of at least 4 members (excludes halogenated alkanes) is 4. The average molecular weight is 939 g/mol. The second-order valence-electron chi connectivity index (χ2n) is 18.1. The summed E-state index contributed by atoms with van der Waals surface area (Å²) in [5, 5.41) is 12.2. The number of rotatable bonds is 15. The zero-order chi connectivity index (χ0) is 47.4. The molecule has 13 nitrogen and oxygen atoms in total. The van der Waals surface area contributed by atoms with Crippen LogP contribution in [0.3, 0.4) is 0 Å². The second-order valence-corrected chi connectivity index (χ2v) is 18.5. The van der Waals surface area contributed by atoms with Crippen LogP contribution in [0.1, 0.15) is 99.0 Å². The van der Waals surface area contributed by atoms with Gasteiger partial charge in [-0.3, -0.25) is 24.5 Å². The van der Waals surface area contributed by atoms with Gasteiger partial charge < -0.3 is 24.3 Å². The molecule has 1 unspecified atom stereocenters. The maximum Gasteiger partial charge on any atom is 0.264 e. The number of benzene rings is 3. The van der Waals surface area contributed by atoms with Gasteiger partial charge >= 0.3 is 0 Å². The molecule has 3 saturated heterocycles. The molecule has 4 aliphatic rings. The molecule has 4 aliphatic heterocycles. The minimum Gasteiger partial charge on any atom is -0.493 e. The number of amides is 4. The van der Waals surface area contributed by atoms with Crippen molar-refractivity contribution in [3.63, 3.8) is 0 Å². The van der Waals surface area contributed by atoms with Crippen molar-refractivity contribution in [2.75, 3.05) is 57.3 Å². The third-order valence-electron chi connectivity index (χ3n) is 13.3. The van der Waals surface area contributed by atoms with Gasteiger partial charge in [-0.1, -0.05) is 56.9 Å². The topological polar surface area (TPSA) is 152 Å². The van der Waals surface area contributed by atoms with E-state index in [1.54, 1.807) is 29.2 Å². The van der Waals surface area contributed by atoms with Crippen molar-refractivity contribution in [3.05, 3.63) is 93.5 Å². The highest BCUT2D eigenvalue weighted by Gasteiger charge is 2.41. The lowest BCUT2D eigenvalue weighted by Crippen LogP contribution is -2.52. The van der Waals surface area contributed by atoms with Crippen LogP contribution in [-0.4, -0.2) is 107 Å². The number of anilines is 1. The Kier molecular flexibility index (Phi) is 14.8. The van der Waals surface area contributed by atoms with Crippen LogP contribution in [0.2, 0.25) is 5.02 Å². The summed E-state index contributed by atoms with van der Waals surface area (Å²) in [6.07, 6.45) is 9.55. The first-order chi connectivity index (χ1) is 32.3. The molecule has 67 heavy (non-hydrogen) atoms. The van der Waals surface area contributed by atoms with Crippen LogP contribution in [-0.2, 0) is 20.9 Å². The van der Waals surface area contributed by atoms with E-state index in [1.807, 2.05) is 24.8 Å². The third kappa shape index (κ3) is 10.3. The monoisotopic (exact) mass is 938 g/mol. The molecular weight excluding hydrogens is 885 g/mol. The first-order valence-electron chi connectivity index (χ1n) is 23.2. The SMILES string of the molecule is CC(C)/C=C(\C#N)C(=O)N1CCN(c2ncnc3c(F)c(-c4c(F)cccc4OCCCCCCCN4CCC(c5cc(F)cc6c5CN(C5CCC(=O)NC5=O)C6=O)CC4)c(Cl)cc23)CC1. The Morgan fingerprint density at radius 3 is 2.43 bits per heavy atom. The van der Waals surface area contributed by atoms with Crippen molar-refractivity contribution in [2.24, 2.45) is 5.92 Å². The smallest absolute Gasteiger partial charge is 0.264 e. The Bertz CT molecular complexity index is 2640. The van der Waals surface area contributed by atoms with Gasteiger partial charge in [0.1, 0.15) is 52.7 Å². The van der Waals surface area contributed by atoms with Crippen LogP contribution >= 0.6 is 11.6 Å². The molecule has 1 aromatic heterocycles. The molecule has 4 amide bonds. The van der Waals surface area contributed by atoms with Gasteiger partial charge in [-0.25, -0.2) is 23.1 Å². The highest BCUT2D eigenvalue weighted by atomic mass is 35.5. The van der Waals surface area contributed by atoms with Gasteiger partial charge in [0.25, 0.3) is 11.8 Å². The van der Waals surface area contributed by atoms with E-state index in [1.165, 1.54) is 29.4 Å². The van der Waals surface area contributed by atoms with Crippen molar-refractivity contribution in [1.29, 1.82) is 5.26 Å². The maximum atomic E-state index is 16.5. The molecule has 17 heteroatoms. The molecule has 5 heterocycles.